The minimum atomic E-state index is -0.295. The Hall–Kier alpha value is -3.91. The third-order valence-corrected chi connectivity index (χ3v) is 6.88. The number of aromatic nitrogens is 2. The number of hydrogen-bond donors (Lipinski definition) is 3. The second-order valence-corrected chi connectivity index (χ2v) is 9.25. The van der Waals surface area contributed by atoms with Crippen molar-refractivity contribution in [2.75, 3.05) is 5.32 Å². The largest absolute Gasteiger partial charge is 0.507 e. The Bertz CT molecular complexity index is 1310. The maximum atomic E-state index is 13.0. The zero-order chi connectivity index (χ0) is 23.5. The zero-order valence-electron chi connectivity index (χ0n) is 18.4. The highest BCUT2D eigenvalue weighted by atomic mass is 32.1. The standard InChI is InChI=1S/C26H24N4O3S/c31-23-14-19(28-25(32)24-10-5-13-34-24)11-12-20(23)21-15-22(18-8-4-9-18)30(29-21)26(33)27-16-17-6-2-1-3-7-17/h1-3,5-7,10-15,18,31H,4,8-9,16H2,(H,27,33)(H,28,32). The Balaban J connectivity index is 1.37. The van der Waals surface area contributed by atoms with Gasteiger partial charge in [-0.15, -0.1) is 11.3 Å². The van der Waals surface area contributed by atoms with E-state index in [2.05, 4.69) is 15.7 Å². The van der Waals surface area contributed by atoms with E-state index in [-0.39, 0.29) is 23.6 Å². The van der Waals surface area contributed by atoms with Gasteiger partial charge in [-0.05, 0) is 48.1 Å². The lowest BCUT2D eigenvalue weighted by Crippen LogP contribution is -2.31. The number of thiophene rings is 1. The molecular formula is C26H24N4O3S. The summed E-state index contributed by atoms with van der Waals surface area (Å²) < 4.78 is 1.42. The molecular weight excluding hydrogens is 448 g/mol. The summed E-state index contributed by atoms with van der Waals surface area (Å²) in [4.78, 5) is 25.9. The summed E-state index contributed by atoms with van der Waals surface area (Å²) in [6.45, 7) is 0.406. The van der Waals surface area contributed by atoms with Crippen molar-refractivity contribution in [3.63, 3.8) is 0 Å². The molecule has 0 aliphatic heterocycles. The molecule has 3 N–H and O–H groups in total. The van der Waals surface area contributed by atoms with Crippen LogP contribution in [-0.2, 0) is 6.54 Å². The van der Waals surface area contributed by atoms with E-state index < -0.39 is 0 Å². The number of amides is 2. The van der Waals surface area contributed by atoms with Crippen molar-refractivity contribution in [2.24, 2.45) is 0 Å². The van der Waals surface area contributed by atoms with E-state index in [4.69, 9.17) is 0 Å². The van der Waals surface area contributed by atoms with Crippen LogP contribution in [0.2, 0.25) is 0 Å². The molecule has 1 fully saturated rings. The van der Waals surface area contributed by atoms with Gasteiger partial charge in [0.2, 0.25) is 0 Å². The molecule has 8 heteroatoms. The molecule has 0 saturated heterocycles. The summed E-state index contributed by atoms with van der Waals surface area (Å²) in [5.41, 5.74) is 3.36. The molecule has 0 unspecified atom stereocenters. The van der Waals surface area contributed by atoms with Gasteiger partial charge in [0.25, 0.3) is 5.91 Å². The molecule has 2 heterocycles. The van der Waals surface area contributed by atoms with E-state index in [0.29, 0.717) is 28.4 Å². The predicted octanol–water partition coefficient (Wildman–Crippen LogP) is 5.59. The van der Waals surface area contributed by atoms with E-state index in [0.717, 1.165) is 30.5 Å². The van der Waals surface area contributed by atoms with Gasteiger partial charge in [0.15, 0.2) is 0 Å². The third kappa shape index (κ3) is 4.58. The molecule has 34 heavy (non-hydrogen) atoms. The van der Waals surface area contributed by atoms with Crippen LogP contribution in [0.3, 0.4) is 0 Å². The Morgan fingerprint density at radius 1 is 1.06 bits per heavy atom. The molecule has 2 aromatic heterocycles. The Morgan fingerprint density at radius 3 is 2.56 bits per heavy atom. The second kappa shape index (κ2) is 9.52. The van der Waals surface area contributed by atoms with Crippen molar-refractivity contribution in [1.29, 1.82) is 0 Å². The molecule has 0 radical (unpaired) electrons. The number of phenols is 1. The molecule has 0 bridgehead atoms. The van der Waals surface area contributed by atoms with Crippen LogP contribution < -0.4 is 10.6 Å². The van der Waals surface area contributed by atoms with E-state index in [1.807, 2.05) is 47.8 Å². The number of carbonyl (C=O) groups excluding carboxylic acids is 2. The zero-order valence-corrected chi connectivity index (χ0v) is 19.2. The molecule has 0 atom stereocenters. The van der Waals surface area contributed by atoms with Crippen LogP contribution in [0, 0.1) is 0 Å². The number of rotatable bonds is 6. The van der Waals surface area contributed by atoms with Crippen LogP contribution in [-0.4, -0.2) is 26.8 Å². The first kappa shape index (κ1) is 21.9. The van der Waals surface area contributed by atoms with Gasteiger partial charge in [-0.1, -0.05) is 42.8 Å². The van der Waals surface area contributed by atoms with Crippen molar-refractivity contribution in [3.8, 4) is 17.0 Å². The highest BCUT2D eigenvalue weighted by Gasteiger charge is 2.27. The topological polar surface area (TPSA) is 96.3 Å². The van der Waals surface area contributed by atoms with E-state index in [1.165, 1.54) is 22.1 Å². The fourth-order valence-corrected chi connectivity index (χ4v) is 4.58. The monoisotopic (exact) mass is 472 g/mol. The Labute approximate surface area is 201 Å². The van der Waals surface area contributed by atoms with Gasteiger partial charge in [-0.3, -0.25) is 4.79 Å². The van der Waals surface area contributed by atoms with Gasteiger partial charge >= 0.3 is 6.03 Å². The van der Waals surface area contributed by atoms with Gasteiger partial charge in [-0.25, -0.2) is 4.79 Å². The molecule has 1 saturated carbocycles. The lowest BCUT2D eigenvalue weighted by atomic mass is 9.82. The first-order valence-corrected chi connectivity index (χ1v) is 12.1. The Morgan fingerprint density at radius 2 is 1.88 bits per heavy atom. The van der Waals surface area contributed by atoms with Crippen molar-refractivity contribution in [2.45, 2.75) is 31.7 Å². The summed E-state index contributed by atoms with van der Waals surface area (Å²) in [5.74, 6) is 0.0301. The number of aromatic hydroxyl groups is 1. The minimum Gasteiger partial charge on any atom is -0.507 e. The lowest BCUT2D eigenvalue weighted by molar-refractivity contribution is 0.103. The van der Waals surface area contributed by atoms with Crippen LogP contribution in [0.5, 0.6) is 5.75 Å². The summed E-state index contributed by atoms with van der Waals surface area (Å²) in [6.07, 6.45) is 3.15. The molecule has 7 nitrogen and oxygen atoms in total. The number of hydrogen-bond acceptors (Lipinski definition) is 5. The summed E-state index contributed by atoms with van der Waals surface area (Å²) in [5, 5.41) is 22.8. The average Bonchev–Trinajstić information content (AvgIpc) is 3.48. The minimum absolute atomic E-state index is 0.0153. The van der Waals surface area contributed by atoms with Crippen molar-refractivity contribution < 1.29 is 14.7 Å². The van der Waals surface area contributed by atoms with Gasteiger partial charge < -0.3 is 15.7 Å². The van der Waals surface area contributed by atoms with E-state index >= 15 is 0 Å². The first-order chi connectivity index (χ1) is 16.6. The molecule has 2 amide bonds. The number of carbonyl (C=O) groups is 2. The molecule has 2 aromatic carbocycles. The normalized spacial score (nSPS) is 13.3. The summed E-state index contributed by atoms with van der Waals surface area (Å²) in [6, 6.07) is 19.8. The van der Waals surface area contributed by atoms with Gasteiger partial charge in [0, 0.05) is 29.8 Å². The lowest BCUT2D eigenvalue weighted by Gasteiger charge is -2.25. The van der Waals surface area contributed by atoms with Gasteiger partial charge in [0.05, 0.1) is 16.3 Å². The number of nitrogens with zero attached hydrogens (tertiary/aromatic N) is 2. The second-order valence-electron chi connectivity index (χ2n) is 8.30. The van der Waals surface area contributed by atoms with Crippen LogP contribution in [0.15, 0.2) is 72.1 Å². The van der Waals surface area contributed by atoms with Crippen molar-refractivity contribution in [1.82, 2.24) is 15.1 Å². The third-order valence-electron chi connectivity index (χ3n) is 6.02. The van der Waals surface area contributed by atoms with Gasteiger partial charge in [0.1, 0.15) is 5.75 Å². The smallest absolute Gasteiger partial charge is 0.342 e. The van der Waals surface area contributed by atoms with Crippen LogP contribution >= 0.6 is 11.3 Å². The molecule has 1 aliphatic rings. The summed E-state index contributed by atoms with van der Waals surface area (Å²) in [7, 11) is 0. The first-order valence-electron chi connectivity index (χ1n) is 11.2. The van der Waals surface area contributed by atoms with Gasteiger partial charge in [-0.2, -0.15) is 9.78 Å². The maximum absolute atomic E-state index is 13.0. The predicted molar refractivity (Wildman–Crippen MR) is 132 cm³/mol. The number of nitrogens with one attached hydrogen (secondary N) is 2. The molecule has 172 valence electrons. The fraction of sp³-hybridized carbons (Fsp3) is 0.192. The molecule has 0 spiro atoms. The molecule has 4 aromatic rings. The van der Waals surface area contributed by atoms with E-state index in [1.54, 1.807) is 18.2 Å². The Kier molecular flexibility index (Phi) is 6.14. The number of benzene rings is 2. The average molecular weight is 473 g/mol. The van der Waals surface area contributed by atoms with Crippen LogP contribution in [0.4, 0.5) is 10.5 Å². The van der Waals surface area contributed by atoms with Crippen molar-refractivity contribution >= 4 is 29.0 Å². The highest BCUT2D eigenvalue weighted by Crippen LogP contribution is 2.39. The highest BCUT2D eigenvalue weighted by molar-refractivity contribution is 7.12. The fourth-order valence-electron chi connectivity index (χ4n) is 3.96. The van der Waals surface area contributed by atoms with Crippen LogP contribution in [0.1, 0.15) is 46.1 Å². The maximum Gasteiger partial charge on any atom is 0.342 e. The molecule has 5 rings (SSSR count). The number of phenolic OH excluding ortho intramolecular Hbond substituents is 1. The SMILES string of the molecule is O=C(Nc1ccc(-c2cc(C3CCC3)n(C(=O)NCc3ccccc3)n2)c(O)c1)c1cccs1. The van der Waals surface area contributed by atoms with Crippen molar-refractivity contribution in [3.05, 3.63) is 88.2 Å². The van der Waals surface area contributed by atoms with Crippen LogP contribution in [0.25, 0.3) is 11.3 Å². The van der Waals surface area contributed by atoms with E-state index in [9.17, 15) is 14.7 Å². The summed E-state index contributed by atoms with van der Waals surface area (Å²) >= 11 is 1.35. The quantitative estimate of drug-likeness (QED) is 0.341. The molecule has 1 aliphatic carbocycles. The number of anilines is 1.